The third kappa shape index (κ3) is 12.4. The van der Waals surface area contributed by atoms with Gasteiger partial charge < -0.3 is 20.0 Å². The van der Waals surface area contributed by atoms with E-state index in [0.717, 1.165) is 21.2 Å². The Labute approximate surface area is 281 Å². The minimum absolute atomic E-state index is 0.121. The number of nitrogens with zero attached hydrogens (tertiary/aromatic N) is 5. The van der Waals surface area contributed by atoms with Gasteiger partial charge in [0.1, 0.15) is 25.4 Å². The van der Waals surface area contributed by atoms with Crippen LogP contribution in [0.1, 0.15) is 38.6 Å². The van der Waals surface area contributed by atoms with E-state index in [0.29, 0.717) is 18.9 Å². The van der Waals surface area contributed by atoms with Crippen LogP contribution >= 0.6 is 15.9 Å². The number of carboxylic acids is 1. The fourth-order valence-corrected chi connectivity index (χ4v) is 4.05. The molecule has 0 unspecified atom stereocenters. The zero-order chi connectivity index (χ0) is 33.7. The van der Waals surface area contributed by atoms with E-state index in [4.69, 9.17) is 30.5 Å². The number of hydrogen-bond acceptors (Lipinski definition) is 6. The summed E-state index contributed by atoms with van der Waals surface area (Å²) in [7, 11) is 0. The van der Waals surface area contributed by atoms with Gasteiger partial charge in [0.2, 0.25) is 0 Å². The largest absolute Gasteiger partial charge is 0.476 e. The monoisotopic (exact) mass is 693 g/mol. The lowest BCUT2D eigenvalue weighted by atomic mass is 10.2. The van der Waals surface area contributed by atoms with Gasteiger partial charge in [-0.15, -0.1) is 0 Å². The van der Waals surface area contributed by atoms with Crippen LogP contribution in [0.4, 0.5) is 0 Å². The molecule has 3 aromatic carbocycles. The van der Waals surface area contributed by atoms with Crippen LogP contribution in [0.2, 0.25) is 0 Å². The Morgan fingerprint density at radius 3 is 1.49 bits per heavy atom. The summed E-state index contributed by atoms with van der Waals surface area (Å²) in [5.41, 5.74) is 4.28. The molecule has 11 heteroatoms. The Kier molecular flexibility index (Phi) is 15.0. The average Bonchev–Trinajstić information content (AvgIpc) is 3.89. The number of benzene rings is 3. The molecule has 0 bridgehead atoms. The lowest BCUT2D eigenvalue weighted by Gasteiger charge is -2.08. The molecule has 0 saturated heterocycles. The van der Waals surface area contributed by atoms with Crippen molar-refractivity contribution < 1.29 is 24.8 Å². The van der Waals surface area contributed by atoms with Crippen molar-refractivity contribution in [1.29, 1.82) is 10.5 Å². The van der Waals surface area contributed by atoms with Crippen LogP contribution in [-0.2, 0) is 18.5 Å². The van der Waals surface area contributed by atoms with Crippen molar-refractivity contribution in [1.82, 2.24) is 14.2 Å². The Hall–Kier alpha value is -6.17. The van der Waals surface area contributed by atoms with E-state index in [1.165, 1.54) is 33.4 Å². The van der Waals surface area contributed by atoms with Crippen LogP contribution in [0.3, 0.4) is 0 Å². The molecular weight excluding hydrogens is 662 g/mol. The third-order valence-corrected chi connectivity index (χ3v) is 6.67. The molecule has 238 valence electrons. The standard InChI is InChI=1S/C12H10N2O.C12H11NO3.C7H7Br.C5H4N2O/c13-9-12-7-4-8-14(12)15-10-11-5-2-1-3-6-11;14-12(15)11-7-4-8-13(11)16-9-10-5-2-1-3-6-10;8-6-7-4-2-1-3-5-7;6-4-5-2-1-3-7(5)8/h1-8H,10H2;1-8H,9H2,(H,14,15);1-5H,6H2;1-3,8H. The minimum Gasteiger partial charge on any atom is -0.476 e. The first-order valence-corrected chi connectivity index (χ1v) is 15.3. The molecule has 3 heterocycles. The van der Waals surface area contributed by atoms with E-state index < -0.39 is 5.97 Å². The molecule has 0 fully saturated rings. The third-order valence-electron chi connectivity index (χ3n) is 6.03. The van der Waals surface area contributed by atoms with Gasteiger partial charge >= 0.3 is 5.97 Å². The van der Waals surface area contributed by atoms with Gasteiger partial charge in [0.15, 0.2) is 17.1 Å². The summed E-state index contributed by atoms with van der Waals surface area (Å²) in [4.78, 5) is 21.6. The number of carbonyl (C=O) groups is 1. The number of nitriles is 2. The molecule has 0 saturated carbocycles. The second kappa shape index (κ2) is 20.0. The highest BCUT2D eigenvalue weighted by Gasteiger charge is 2.09. The fraction of sp³-hybridized carbons (Fsp3) is 0.0833. The number of halogens is 1. The smallest absolute Gasteiger partial charge is 0.355 e. The van der Waals surface area contributed by atoms with Crippen LogP contribution in [0, 0.1) is 22.7 Å². The van der Waals surface area contributed by atoms with Crippen molar-refractivity contribution in [3.63, 3.8) is 0 Å². The highest BCUT2D eigenvalue weighted by Crippen LogP contribution is 2.05. The molecule has 6 rings (SSSR count). The van der Waals surface area contributed by atoms with E-state index in [1.807, 2.05) is 84.9 Å². The van der Waals surface area contributed by atoms with Crippen molar-refractivity contribution in [2.24, 2.45) is 0 Å². The second-order valence-electron chi connectivity index (χ2n) is 9.34. The van der Waals surface area contributed by atoms with E-state index in [1.54, 1.807) is 42.7 Å². The summed E-state index contributed by atoms with van der Waals surface area (Å²) in [6.45, 7) is 0.806. The van der Waals surface area contributed by atoms with E-state index in [9.17, 15) is 4.79 Å². The van der Waals surface area contributed by atoms with Crippen molar-refractivity contribution >= 4 is 21.9 Å². The Bertz CT molecular complexity index is 1840. The first kappa shape index (κ1) is 35.3. The lowest BCUT2D eigenvalue weighted by molar-refractivity contribution is 0.0568. The molecule has 0 spiro atoms. The summed E-state index contributed by atoms with van der Waals surface area (Å²) in [6, 6.07) is 43.3. The van der Waals surface area contributed by atoms with Gasteiger partial charge in [-0.25, -0.2) is 4.79 Å². The summed E-state index contributed by atoms with van der Waals surface area (Å²) < 4.78 is 3.52. The molecule has 6 aromatic rings. The topological polar surface area (TPSA) is 138 Å². The van der Waals surface area contributed by atoms with Crippen LogP contribution in [-0.4, -0.2) is 30.5 Å². The minimum atomic E-state index is -1.00. The van der Waals surface area contributed by atoms with Gasteiger partial charge in [-0.2, -0.15) is 24.7 Å². The van der Waals surface area contributed by atoms with E-state index >= 15 is 0 Å². The molecule has 0 radical (unpaired) electrons. The molecule has 0 aliphatic heterocycles. The second-order valence-corrected chi connectivity index (χ2v) is 9.90. The Morgan fingerprint density at radius 2 is 1.06 bits per heavy atom. The van der Waals surface area contributed by atoms with Gasteiger partial charge in [-0.3, -0.25) is 0 Å². The quantitative estimate of drug-likeness (QED) is 0.130. The predicted molar refractivity (Wildman–Crippen MR) is 179 cm³/mol. The number of aromatic nitrogens is 3. The number of aromatic carboxylic acids is 1. The van der Waals surface area contributed by atoms with Crippen LogP contribution < -0.4 is 9.68 Å². The summed E-state index contributed by atoms with van der Waals surface area (Å²) in [5.74, 6) is -1.00. The maximum atomic E-state index is 10.8. The molecule has 10 nitrogen and oxygen atoms in total. The lowest BCUT2D eigenvalue weighted by Crippen LogP contribution is -2.16. The zero-order valence-corrected chi connectivity index (χ0v) is 26.8. The van der Waals surface area contributed by atoms with Gasteiger partial charge in [0, 0.05) is 23.9 Å². The molecule has 0 atom stereocenters. The Morgan fingerprint density at radius 1 is 0.617 bits per heavy atom. The SMILES string of the molecule is BrCc1ccccc1.N#Cc1cccn1O.N#Cc1cccn1OCc1ccccc1.O=C(O)c1cccn1OCc1ccccc1. The molecule has 0 aliphatic rings. The molecule has 0 aliphatic carbocycles. The molecule has 0 amide bonds. The summed E-state index contributed by atoms with van der Waals surface area (Å²) in [6.07, 6.45) is 4.70. The van der Waals surface area contributed by atoms with Gasteiger partial charge in [-0.1, -0.05) is 107 Å². The summed E-state index contributed by atoms with van der Waals surface area (Å²) >= 11 is 3.36. The van der Waals surface area contributed by atoms with Gasteiger partial charge in [0.25, 0.3) is 0 Å². The van der Waals surface area contributed by atoms with Crippen LogP contribution in [0.5, 0.6) is 0 Å². The normalized spacial score (nSPS) is 9.43. The predicted octanol–water partition coefficient (Wildman–Crippen LogP) is 6.98. The van der Waals surface area contributed by atoms with Crippen LogP contribution in [0.15, 0.2) is 146 Å². The van der Waals surface area contributed by atoms with Gasteiger partial charge in [0.05, 0.1) is 0 Å². The number of rotatable bonds is 8. The highest BCUT2D eigenvalue weighted by molar-refractivity contribution is 9.08. The molecule has 47 heavy (non-hydrogen) atoms. The highest BCUT2D eigenvalue weighted by atomic mass is 79.9. The van der Waals surface area contributed by atoms with E-state index in [2.05, 4.69) is 28.1 Å². The molecule has 3 aromatic heterocycles. The van der Waals surface area contributed by atoms with Gasteiger partial charge in [-0.05, 0) is 53.1 Å². The maximum Gasteiger partial charge on any atom is 0.355 e. The van der Waals surface area contributed by atoms with E-state index in [-0.39, 0.29) is 11.4 Å². The average molecular weight is 695 g/mol. The van der Waals surface area contributed by atoms with Crippen molar-refractivity contribution in [3.05, 3.63) is 180 Å². The van der Waals surface area contributed by atoms with Crippen molar-refractivity contribution in [2.75, 3.05) is 0 Å². The van der Waals surface area contributed by atoms with Crippen LogP contribution in [0.25, 0.3) is 0 Å². The fourth-order valence-electron chi connectivity index (χ4n) is 3.67. The van der Waals surface area contributed by atoms with Crippen molar-refractivity contribution in [2.45, 2.75) is 18.5 Å². The summed E-state index contributed by atoms with van der Waals surface area (Å²) in [5, 5.41) is 35.4. The number of carboxylic acid groups (broad SMARTS) is 1. The first-order valence-electron chi connectivity index (χ1n) is 14.1. The number of hydrogen-bond donors (Lipinski definition) is 2. The van der Waals surface area contributed by atoms with Crippen molar-refractivity contribution in [3.8, 4) is 12.1 Å². The Balaban J connectivity index is 0.000000179. The molecule has 2 N–H and O–H groups in total. The zero-order valence-electron chi connectivity index (χ0n) is 25.2. The maximum absolute atomic E-state index is 10.8. The number of alkyl halides is 1. The first-order chi connectivity index (χ1) is 22.9. The molecular formula is C36H32BrN5O5.